The molecule has 0 aliphatic carbocycles. The highest BCUT2D eigenvalue weighted by molar-refractivity contribution is 6.11. The number of fused-ring (bicyclic) bond motifs is 3. The fraction of sp³-hybridized carbons (Fsp3) is 0.100. The van der Waals surface area contributed by atoms with Gasteiger partial charge in [-0.1, -0.05) is 78.9 Å². The Labute approximate surface area is 217 Å². The van der Waals surface area contributed by atoms with Crippen LogP contribution < -0.4 is 5.69 Å². The fourth-order valence-corrected chi connectivity index (χ4v) is 4.81. The van der Waals surface area contributed by atoms with Crippen LogP contribution in [0.4, 0.5) is 0 Å². The number of hydrogen-bond acceptors (Lipinski definition) is 6. The Morgan fingerprint density at radius 2 is 1.42 bits per heavy atom. The molecule has 0 aliphatic rings. The zero-order valence-corrected chi connectivity index (χ0v) is 20.8. The zero-order chi connectivity index (χ0) is 26.2. The van der Waals surface area contributed by atoms with Crippen LogP contribution in [0.3, 0.4) is 0 Å². The van der Waals surface area contributed by atoms with Crippen molar-refractivity contribution >= 4 is 22.6 Å². The topological polar surface area (TPSA) is 91.4 Å². The van der Waals surface area contributed by atoms with Crippen LogP contribution in [-0.4, -0.2) is 36.7 Å². The van der Waals surface area contributed by atoms with Crippen LogP contribution in [0.2, 0.25) is 0 Å². The van der Waals surface area contributed by atoms with Crippen LogP contribution >= 0.6 is 0 Å². The maximum absolute atomic E-state index is 14.2. The molecule has 6 aromatic rings. The summed E-state index contributed by atoms with van der Waals surface area (Å²) in [5, 5.41) is 9.45. The van der Waals surface area contributed by atoms with Gasteiger partial charge in [0.05, 0.1) is 28.9 Å². The lowest BCUT2D eigenvalue weighted by Gasteiger charge is -2.18. The van der Waals surface area contributed by atoms with Crippen LogP contribution in [0.25, 0.3) is 44.9 Å². The van der Waals surface area contributed by atoms with Gasteiger partial charge in [-0.15, -0.1) is 10.2 Å². The number of aryl methyl sites for hydroxylation is 1. The van der Waals surface area contributed by atoms with Gasteiger partial charge in [-0.25, -0.2) is 23.5 Å². The summed E-state index contributed by atoms with van der Waals surface area (Å²) >= 11 is 0. The van der Waals surface area contributed by atoms with E-state index in [1.54, 1.807) is 18.4 Å². The Bertz CT molecular complexity index is 1860. The summed E-state index contributed by atoms with van der Waals surface area (Å²) in [6.07, 6.45) is 0. The Morgan fingerprint density at radius 3 is 2.05 bits per heavy atom. The molecule has 0 aliphatic heterocycles. The number of benzene rings is 3. The summed E-state index contributed by atoms with van der Waals surface area (Å²) in [4.78, 5) is 32.3. The van der Waals surface area contributed by atoms with E-state index in [1.807, 2.05) is 91.0 Å². The van der Waals surface area contributed by atoms with Crippen molar-refractivity contribution < 1.29 is 9.53 Å². The van der Waals surface area contributed by atoms with Crippen molar-refractivity contribution in [2.24, 2.45) is 0 Å². The number of pyridine rings is 1. The molecule has 3 heterocycles. The first-order chi connectivity index (χ1) is 18.6. The van der Waals surface area contributed by atoms with E-state index in [9.17, 15) is 9.59 Å². The highest BCUT2D eigenvalue weighted by Crippen LogP contribution is 2.36. The van der Waals surface area contributed by atoms with Crippen molar-refractivity contribution in [3.63, 3.8) is 0 Å². The van der Waals surface area contributed by atoms with Crippen molar-refractivity contribution in [1.29, 1.82) is 0 Å². The van der Waals surface area contributed by atoms with Crippen molar-refractivity contribution in [3.8, 4) is 28.2 Å². The van der Waals surface area contributed by atoms with Crippen LogP contribution in [0.5, 0.6) is 0 Å². The second kappa shape index (κ2) is 9.40. The lowest BCUT2D eigenvalue weighted by Crippen LogP contribution is -2.28. The molecule has 186 valence electrons. The summed E-state index contributed by atoms with van der Waals surface area (Å²) in [6, 6.07) is 28.3. The molecular weight excluding hydrogens is 478 g/mol. The van der Waals surface area contributed by atoms with Crippen molar-refractivity contribution in [1.82, 2.24) is 24.1 Å². The minimum absolute atomic E-state index is 0.215. The number of hydrogen-bond donors (Lipinski definition) is 0. The quantitative estimate of drug-likeness (QED) is 0.300. The molecule has 0 bridgehead atoms. The van der Waals surface area contributed by atoms with E-state index in [1.165, 1.54) is 4.40 Å². The summed E-state index contributed by atoms with van der Waals surface area (Å²) in [6.45, 7) is 3.73. The van der Waals surface area contributed by atoms with Gasteiger partial charge in [0.25, 0.3) is 0 Å². The van der Waals surface area contributed by atoms with Crippen LogP contribution in [-0.2, 0) is 4.74 Å². The Kier molecular flexibility index (Phi) is 5.76. The van der Waals surface area contributed by atoms with E-state index in [0.717, 1.165) is 11.1 Å². The molecule has 3 aromatic carbocycles. The molecule has 0 spiro atoms. The largest absolute Gasteiger partial charge is 0.462 e. The second-order valence-corrected chi connectivity index (χ2v) is 8.73. The van der Waals surface area contributed by atoms with E-state index in [2.05, 4.69) is 10.2 Å². The molecule has 8 heteroatoms. The predicted molar refractivity (Wildman–Crippen MR) is 145 cm³/mol. The number of para-hydroxylation sites is 1. The SMILES string of the molecule is CCOC(=O)c1c(C)nc2c(c1-c1ccccc1)c1nnc(-c3ccccc3)n1c(=O)n2-c1ccccc1. The normalized spacial score (nSPS) is 11.2. The third kappa shape index (κ3) is 3.66. The van der Waals surface area contributed by atoms with Gasteiger partial charge < -0.3 is 4.74 Å². The summed E-state index contributed by atoms with van der Waals surface area (Å²) in [5.41, 5.74) is 3.84. The molecule has 0 N–H and O–H groups in total. The molecule has 0 saturated heterocycles. The van der Waals surface area contributed by atoms with Gasteiger partial charge in [0.1, 0.15) is 0 Å². The second-order valence-electron chi connectivity index (χ2n) is 8.73. The average Bonchev–Trinajstić information content (AvgIpc) is 3.40. The van der Waals surface area contributed by atoms with Gasteiger partial charge in [0.2, 0.25) is 0 Å². The Morgan fingerprint density at radius 1 is 0.816 bits per heavy atom. The first-order valence-corrected chi connectivity index (χ1v) is 12.3. The van der Waals surface area contributed by atoms with Crippen molar-refractivity contribution in [3.05, 3.63) is 113 Å². The molecule has 38 heavy (non-hydrogen) atoms. The molecule has 0 atom stereocenters. The molecule has 0 fully saturated rings. The monoisotopic (exact) mass is 501 g/mol. The van der Waals surface area contributed by atoms with Gasteiger partial charge in [-0.3, -0.25) is 0 Å². The summed E-state index contributed by atoms with van der Waals surface area (Å²) in [5.74, 6) is -0.0916. The Balaban J connectivity index is 1.88. The smallest absolute Gasteiger partial charge is 0.342 e. The van der Waals surface area contributed by atoms with Gasteiger partial charge in [-0.05, 0) is 31.5 Å². The van der Waals surface area contributed by atoms with Gasteiger partial charge in [0, 0.05) is 11.1 Å². The maximum atomic E-state index is 14.2. The third-order valence-electron chi connectivity index (χ3n) is 6.43. The highest BCUT2D eigenvalue weighted by Gasteiger charge is 2.28. The minimum atomic E-state index is -0.489. The van der Waals surface area contributed by atoms with Gasteiger partial charge in [0.15, 0.2) is 17.1 Å². The number of ether oxygens (including phenoxy) is 1. The number of esters is 1. The highest BCUT2D eigenvalue weighted by atomic mass is 16.5. The fourth-order valence-electron chi connectivity index (χ4n) is 4.81. The lowest BCUT2D eigenvalue weighted by molar-refractivity contribution is 0.0526. The molecule has 8 nitrogen and oxygen atoms in total. The number of carbonyl (C=O) groups excluding carboxylic acids is 1. The van der Waals surface area contributed by atoms with Crippen LogP contribution in [0, 0.1) is 6.92 Å². The standard InChI is InChI=1S/C30H23N5O3/c1-3-38-29(36)23-19(2)31-27-25(24(23)20-13-7-4-8-14-20)28-33-32-26(21-15-9-5-10-16-21)35(28)30(37)34(27)22-17-11-6-12-18-22/h4-18H,3H2,1-2H3. The zero-order valence-electron chi connectivity index (χ0n) is 20.8. The van der Waals surface area contributed by atoms with E-state index < -0.39 is 5.97 Å². The van der Waals surface area contributed by atoms with Gasteiger partial charge in [-0.2, -0.15) is 0 Å². The molecule has 0 radical (unpaired) electrons. The van der Waals surface area contributed by atoms with Gasteiger partial charge >= 0.3 is 11.7 Å². The number of aromatic nitrogens is 5. The maximum Gasteiger partial charge on any atom is 0.342 e. The van der Waals surface area contributed by atoms with E-state index in [-0.39, 0.29) is 12.3 Å². The Hall–Kier alpha value is -5.11. The number of nitrogens with zero attached hydrogens (tertiary/aromatic N) is 5. The lowest BCUT2D eigenvalue weighted by atomic mass is 9.95. The van der Waals surface area contributed by atoms with E-state index in [0.29, 0.717) is 45.0 Å². The summed E-state index contributed by atoms with van der Waals surface area (Å²) < 4.78 is 8.49. The van der Waals surface area contributed by atoms with Crippen LogP contribution in [0.15, 0.2) is 95.8 Å². The molecule has 3 aromatic heterocycles. The third-order valence-corrected chi connectivity index (χ3v) is 6.43. The average molecular weight is 502 g/mol. The first-order valence-electron chi connectivity index (χ1n) is 12.3. The molecule has 6 rings (SSSR count). The van der Waals surface area contributed by atoms with Crippen LogP contribution in [0.1, 0.15) is 23.0 Å². The van der Waals surface area contributed by atoms with E-state index in [4.69, 9.17) is 9.72 Å². The summed E-state index contributed by atoms with van der Waals surface area (Å²) in [7, 11) is 0. The molecule has 0 unspecified atom stereocenters. The molecular formula is C30H23N5O3. The first kappa shape index (κ1) is 23.3. The van der Waals surface area contributed by atoms with Crippen molar-refractivity contribution in [2.75, 3.05) is 6.61 Å². The van der Waals surface area contributed by atoms with Crippen molar-refractivity contribution in [2.45, 2.75) is 13.8 Å². The number of rotatable bonds is 5. The minimum Gasteiger partial charge on any atom is -0.462 e. The predicted octanol–water partition coefficient (Wildman–Crippen LogP) is 5.25. The molecule has 0 amide bonds. The molecule has 0 saturated carbocycles. The number of carbonyl (C=O) groups is 1. The van der Waals surface area contributed by atoms with E-state index >= 15 is 0 Å².